The van der Waals surface area contributed by atoms with Crippen LogP contribution in [0.3, 0.4) is 0 Å². The highest BCUT2D eigenvalue weighted by molar-refractivity contribution is 7.90. The minimum Gasteiger partial charge on any atom is -0.381 e. The van der Waals surface area contributed by atoms with Gasteiger partial charge in [0, 0.05) is 75.0 Å². The fourth-order valence-electron chi connectivity index (χ4n) is 7.63. The first-order valence-electron chi connectivity index (χ1n) is 17.2. The van der Waals surface area contributed by atoms with Crippen molar-refractivity contribution < 1.29 is 27.1 Å². The molecule has 0 bridgehead atoms. The Hall–Kier alpha value is -3.88. The number of ether oxygens (including phenoxy) is 2. The predicted molar refractivity (Wildman–Crippen MR) is 187 cm³/mol. The molecule has 0 radical (unpaired) electrons. The standard InChI is InChI=1S/C35H44FN7O5S/c1-3-34(44)43-13-4-5-30(43)25-6-7-29(42-19-23(20-42)22-49(2,45)46)27-18-38-33(17-26(25)27)39-32-8-12-37-35(40-32)41-14-9-31(28(36)21-41)48-24-10-15-47-16-11-24/h3,6-8,12,17-18,23-24,28,30-31H,1,4-5,9-11,13-16,19-22H2,2H3,(H,37,38,39,40)/t28-,30-,31+/m0/s1. The van der Waals surface area contributed by atoms with E-state index in [1.807, 2.05) is 22.1 Å². The number of hydrogen-bond donors (Lipinski definition) is 1. The summed E-state index contributed by atoms with van der Waals surface area (Å²) in [5, 5.41) is 5.21. The number of piperidine rings is 1. The van der Waals surface area contributed by atoms with Crippen molar-refractivity contribution in [1.82, 2.24) is 19.9 Å². The van der Waals surface area contributed by atoms with Crippen LogP contribution in [0.4, 0.5) is 27.7 Å². The van der Waals surface area contributed by atoms with Gasteiger partial charge in [-0.05, 0) is 67.3 Å². The molecule has 0 unspecified atom stereocenters. The number of nitrogens with zero attached hydrogens (tertiary/aromatic N) is 6. The van der Waals surface area contributed by atoms with Gasteiger partial charge in [0.2, 0.25) is 11.9 Å². The van der Waals surface area contributed by atoms with Gasteiger partial charge < -0.3 is 29.5 Å². The lowest BCUT2D eigenvalue weighted by atomic mass is 9.94. The molecule has 0 saturated carbocycles. The number of nitrogens with one attached hydrogen (secondary N) is 1. The summed E-state index contributed by atoms with van der Waals surface area (Å²) in [5.41, 5.74) is 2.00. The van der Waals surface area contributed by atoms with Crippen molar-refractivity contribution in [2.75, 3.05) is 73.1 Å². The molecule has 0 spiro atoms. The molecule has 4 saturated heterocycles. The second kappa shape index (κ2) is 14.2. The molecule has 49 heavy (non-hydrogen) atoms. The third kappa shape index (κ3) is 7.51. The van der Waals surface area contributed by atoms with Crippen LogP contribution >= 0.6 is 0 Å². The highest BCUT2D eigenvalue weighted by atomic mass is 32.2. The molecule has 3 atom stereocenters. The van der Waals surface area contributed by atoms with Crippen molar-refractivity contribution in [1.29, 1.82) is 0 Å². The second-order valence-corrected chi connectivity index (χ2v) is 15.8. The molecule has 7 rings (SSSR count). The number of likely N-dealkylation sites (tertiary alicyclic amines) is 1. The van der Waals surface area contributed by atoms with Crippen LogP contribution < -0.4 is 15.1 Å². The zero-order valence-electron chi connectivity index (χ0n) is 27.8. The lowest BCUT2D eigenvalue weighted by molar-refractivity contribution is -0.126. The van der Waals surface area contributed by atoms with E-state index in [0.29, 0.717) is 63.4 Å². The van der Waals surface area contributed by atoms with Crippen molar-refractivity contribution in [2.24, 2.45) is 5.92 Å². The molecule has 1 aromatic carbocycles. The molecular formula is C35H44FN7O5S. The van der Waals surface area contributed by atoms with Crippen molar-refractivity contribution in [3.63, 3.8) is 0 Å². The number of carbonyl (C=O) groups excluding carboxylic acids is 1. The van der Waals surface area contributed by atoms with Crippen molar-refractivity contribution in [2.45, 2.75) is 56.5 Å². The van der Waals surface area contributed by atoms with E-state index in [-0.39, 0.29) is 36.3 Å². The topological polar surface area (TPSA) is 130 Å². The fourth-order valence-corrected chi connectivity index (χ4v) is 8.70. The van der Waals surface area contributed by atoms with E-state index >= 15 is 4.39 Å². The van der Waals surface area contributed by atoms with E-state index in [1.54, 1.807) is 12.3 Å². The van der Waals surface area contributed by atoms with Crippen LogP contribution in [-0.2, 0) is 24.1 Å². The maximum Gasteiger partial charge on any atom is 0.246 e. The minimum atomic E-state index is -3.06. The molecule has 12 nitrogen and oxygen atoms in total. The van der Waals surface area contributed by atoms with E-state index in [2.05, 4.69) is 33.9 Å². The summed E-state index contributed by atoms with van der Waals surface area (Å²) in [6.45, 7) is 7.72. The quantitative estimate of drug-likeness (QED) is 0.307. The first-order valence-corrected chi connectivity index (χ1v) is 19.2. The largest absolute Gasteiger partial charge is 0.381 e. The molecule has 4 fully saturated rings. The number of halogens is 1. The average Bonchev–Trinajstić information content (AvgIpc) is 3.56. The average molecular weight is 694 g/mol. The molecule has 0 aliphatic carbocycles. The summed E-state index contributed by atoms with van der Waals surface area (Å²) in [5.74, 6) is 1.69. The van der Waals surface area contributed by atoms with E-state index in [1.165, 1.54) is 12.3 Å². The van der Waals surface area contributed by atoms with Crippen LogP contribution in [0, 0.1) is 5.92 Å². The van der Waals surface area contributed by atoms with Gasteiger partial charge in [-0.25, -0.2) is 22.8 Å². The first kappa shape index (κ1) is 33.6. The van der Waals surface area contributed by atoms with Gasteiger partial charge >= 0.3 is 0 Å². The summed E-state index contributed by atoms with van der Waals surface area (Å²) in [6.07, 6.45) is 8.45. The van der Waals surface area contributed by atoms with Crippen LogP contribution in [0.25, 0.3) is 10.8 Å². The highest BCUT2D eigenvalue weighted by Crippen LogP contribution is 2.41. The first-order chi connectivity index (χ1) is 23.6. The summed E-state index contributed by atoms with van der Waals surface area (Å²) in [7, 11) is -3.06. The van der Waals surface area contributed by atoms with E-state index in [0.717, 1.165) is 47.7 Å². The number of benzene rings is 1. The van der Waals surface area contributed by atoms with E-state index in [4.69, 9.17) is 19.4 Å². The molecular weight excluding hydrogens is 649 g/mol. The molecule has 262 valence electrons. The Balaban J connectivity index is 1.12. The summed E-state index contributed by atoms with van der Waals surface area (Å²) in [6, 6.07) is 7.77. The lowest BCUT2D eigenvalue weighted by Gasteiger charge is -2.41. The number of alkyl halides is 1. The summed E-state index contributed by atoms with van der Waals surface area (Å²) >= 11 is 0. The molecule has 1 amide bonds. The zero-order chi connectivity index (χ0) is 34.1. The predicted octanol–water partition coefficient (Wildman–Crippen LogP) is 4.21. The molecule has 4 aliphatic heterocycles. The van der Waals surface area contributed by atoms with Crippen molar-refractivity contribution in [3.05, 3.63) is 54.9 Å². The second-order valence-electron chi connectivity index (χ2n) is 13.7. The van der Waals surface area contributed by atoms with Crippen molar-refractivity contribution in [3.8, 4) is 0 Å². The van der Waals surface area contributed by atoms with Gasteiger partial charge in [-0.3, -0.25) is 4.79 Å². The van der Waals surface area contributed by atoms with Gasteiger partial charge in [0.05, 0.1) is 30.5 Å². The Morgan fingerprint density at radius 3 is 2.63 bits per heavy atom. The number of pyridine rings is 1. The molecule has 3 aromatic rings. The zero-order valence-corrected chi connectivity index (χ0v) is 28.7. The van der Waals surface area contributed by atoms with Gasteiger partial charge in [0.25, 0.3) is 0 Å². The number of rotatable bonds is 10. The third-order valence-corrected chi connectivity index (χ3v) is 11.1. The molecule has 1 N–H and O–H groups in total. The van der Waals surface area contributed by atoms with Gasteiger partial charge in [0.15, 0.2) is 0 Å². The van der Waals surface area contributed by atoms with Crippen LogP contribution in [0.15, 0.2) is 49.3 Å². The van der Waals surface area contributed by atoms with Gasteiger partial charge in [-0.2, -0.15) is 4.98 Å². The van der Waals surface area contributed by atoms with Gasteiger partial charge in [0.1, 0.15) is 27.6 Å². The van der Waals surface area contributed by atoms with E-state index in [9.17, 15) is 13.2 Å². The number of carbonyl (C=O) groups is 1. The Morgan fingerprint density at radius 2 is 1.88 bits per heavy atom. The number of aromatic nitrogens is 3. The van der Waals surface area contributed by atoms with Crippen molar-refractivity contribution >= 4 is 49.8 Å². The van der Waals surface area contributed by atoms with Crippen LogP contribution in [0.5, 0.6) is 0 Å². The monoisotopic (exact) mass is 693 g/mol. The number of anilines is 4. The molecule has 6 heterocycles. The fraction of sp³-hybridized carbons (Fsp3) is 0.543. The van der Waals surface area contributed by atoms with Gasteiger partial charge in [-0.1, -0.05) is 12.6 Å². The Labute approximate surface area is 286 Å². The van der Waals surface area contributed by atoms with E-state index < -0.39 is 22.1 Å². The molecule has 2 aromatic heterocycles. The number of fused-ring (bicyclic) bond motifs is 1. The Kier molecular flexibility index (Phi) is 9.71. The van der Waals surface area contributed by atoms with Crippen LogP contribution in [-0.4, -0.2) is 111 Å². The SMILES string of the molecule is C=CC(=O)N1CCC[C@H]1c1ccc(N2CC(CS(C)(=O)=O)C2)c2cnc(Nc3ccnc(N4CC[C@@H](OC5CCOCC5)[C@@H](F)C4)n3)cc12. The van der Waals surface area contributed by atoms with Gasteiger partial charge in [-0.15, -0.1) is 0 Å². The smallest absolute Gasteiger partial charge is 0.246 e. The Bertz CT molecular complexity index is 1800. The van der Waals surface area contributed by atoms with Crippen LogP contribution in [0.2, 0.25) is 0 Å². The number of amides is 1. The third-order valence-electron chi connectivity index (χ3n) is 10.0. The summed E-state index contributed by atoms with van der Waals surface area (Å²) in [4.78, 5) is 32.6. The maximum atomic E-state index is 15.3. The normalized spacial score (nSPS) is 23.9. The minimum absolute atomic E-state index is 0.0419. The molecule has 14 heteroatoms. The Morgan fingerprint density at radius 1 is 1.06 bits per heavy atom. The maximum absolute atomic E-state index is 15.3. The highest BCUT2D eigenvalue weighted by Gasteiger charge is 2.35. The number of sulfone groups is 1. The van der Waals surface area contributed by atoms with Crippen LogP contribution in [0.1, 0.15) is 43.7 Å². The molecule has 4 aliphatic rings. The number of hydrogen-bond acceptors (Lipinski definition) is 11. The summed E-state index contributed by atoms with van der Waals surface area (Å²) < 4.78 is 50.5. The lowest BCUT2D eigenvalue weighted by Crippen LogP contribution is -2.49.